The molecular weight excluding hydrogens is 380 g/mol. The van der Waals surface area contributed by atoms with Gasteiger partial charge in [-0.15, -0.1) is 11.3 Å². The Labute approximate surface area is 176 Å². The third kappa shape index (κ3) is 4.50. The first-order valence-corrected chi connectivity index (χ1v) is 11.0. The van der Waals surface area contributed by atoms with Crippen molar-refractivity contribution < 1.29 is 4.79 Å². The largest absolute Gasteiger partial charge is 0.297 e. The molecule has 152 valence electrons. The number of hydrogen-bond acceptors (Lipinski definition) is 5. The first kappa shape index (κ1) is 20.0. The lowest BCUT2D eigenvalue weighted by Gasteiger charge is -2.34. The summed E-state index contributed by atoms with van der Waals surface area (Å²) >= 11 is 1.59. The molecule has 0 aliphatic carbocycles. The molecule has 5 nitrogen and oxygen atoms in total. The van der Waals surface area contributed by atoms with E-state index >= 15 is 0 Å². The highest BCUT2D eigenvalue weighted by Gasteiger charge is 2.23. The van der Waals surface area contributed by atoms with Crippen molar-refractivity contribution in [3.8, 4) is 5.13 Å². The van der Waals surface area contributed by atoms with Gasteiger partial charge in [-0.2, -0.15) is 0 Å². The van der Waals surface area contributed by atoms with E-state index in [1.54, 1.807) is 17.5 Å². The molecule has 0 N–H and O–H groups in total. The molecule has 29 heavy (non-hydrogen) atoms. The summed E-state index contributed by atoms with van der Waals surface area (Å²) in [6, 6.07) is 10.7. The molecular formula is C23H28N4OS. The summed E-state index contributed by atoms with van der Waals surface area (Å²) in [7, 11) is 0. The van der Waals surface area contributed by atoms with Crippen molar-refractivity contribution in [3.63, 3.8) is 0 Å². The van der Waals surface area contributed by atoms with Gasteiger partial charge in [0.15, 0.2) is 10.9 Å². The highest BCUT2D eigenvalue weighted by Crippen LogP contribution is 2.23. The van der Waals surface area contributed by atoms with Crippen molar-refractivity contribution in [3.05, 3.63) is 70.0 Å². The predicted molar refractivity (Wildman–Crippen MR) is 118 cm³/mol. The number of piperazine rings is 1. The van der Waals surface area contributed by atoms with Crippen LogP contribution in [0.1, 0.15) is 32.9 Å². The lowest BCUT2D eigenvalue weighted by atomic mass is 10.1. The molecule has 0 atom stereocenters. The van der Waals surface area contributed by atoms with Crippen molar-refractivity contribution >= 4 is 17.1 Å². The first-order chi connectivity index (χ1) is 14.0. The maximum Gasteiger partial charge on any atom is 0.193 e. The van der Waals surface area contributed by atoms with Crippen LogP contribution in [0.25, 0.3) is 5.13 Å². The number of hydrogen-bond donors (Lipinski definition) is 0. The molecule has 0 bridgehead atoms. The smallest absolute Gasteiger partial charge is 0.193 e. The van der Waals surface area contributed by atoms with Crippen molar-refractivity contribution in [2.24, 2.45) is 0 Å². The van der Waals surface area contributed by atoms with Gasteiger partial charge in [0.05, 0.1) is 6.54 Å². The number of carbonyl (C=O) groups excluding carboxylic acids is 1. The van der Waals surface area contributed by atoms with Crippen LogP contribution in [0.5, 0.6) is 0 Å². The molecule has 1 aliphatic heterocycles. The Balaban J connectivity index is 1.35. The summed E-state index contributed by atoms with van der Waals surface area (Å²) in [4.78, 5) is 22.2. The number of nitrogens with zero attached hydrogens (tertiary/aromatic N) is 4. The third-order valence-corrected chi connectivity index (χ3v) is 6.42. The Bertz CT molecular complexity index is 984. The third-order valence-electron chi connectivity index (χ3n) is 5.66. The number of Topliss-reactive ketones (excluding diaryl/α,β-unsaturated/α-hetero) is 1. The second-order valence-corrected chi connectivity index (χ2v) is 8.77. The van der Waals surface area contributed by atoms with Crippen LogP contribution < -0.4 is 0 Å². The molecule has 0 unspecified atom stereocenters. The van der Waals surface area contributed by atoms with E-state index in [1.165, 1.54) is 11.1 Å². The predicted octanol–water partition coefficient (Wildman–Crippen LogP) is 3.86. The van der Waals surface area contributed by atoms with Crippen LogP contribution in [0.15, 0.2) is 41.9 Å². The zero-order valence-electron chi connectivity index (χ0n) is 17.4. The van der Waals surface area contributed by atoms with E-state index in [1.807, 2.05) is 25.3 Å². The minimum absolute atomic E-state index is 0.202. The van der Waals surface area contributed by atoms with Crippen LogP contribution >= 0.6 is 11.3 Å². The zero-order chi connectivity index (χ0) is 20.4. The fraction of sp³-hybridized carbons (Fsp3) is 0.391. The van der Waals surface area contributed by atoms with Gasteiger partial charge in [0.1, 0.15) is 0 Å². The van der Waals surface area contributed by atoms with Crippen molar-refractivity contribution in [1.82, 2.24) is 19.4 Å². The average molecular weight is 409 g/mol. The summed E-state index contributed by atoms with van der Waals surface area (Å²) in [6.07, 6.45) is 1.80. The van der Waals surface area contributed by atoms with Gasteiger partial charge in [0.25, 0.3) is 0 Å². The molecule has 0 spiro atoms. The molecule has 3 aromatic rings. The Morgan fingerprint density at radius 2 is 1.83 bits per heavy atom. The molecule has 6 heteroatoms. The lowest BCUT2D eigenvalue weighted by Crippen LogP contribution is -2.47. The van der Waals surface area contributed by atoms with E-state index in [-0.39, 0.29) is 5.78 Å². The van der Waals surface area contributed by atoms with E-state index in [9.17, 15) is 4.79 Å². The summed E-state index contributed by atoms with van der Waals surface area (Å²) in [5.41, 5.74) is 5.54. The topological polar surface area (TPSA) is 41.4 Å². The van der Waals surface area contributed by atoms with Crippen molar-refractivity contribution in [2.75, 3.05) is 32.7 Å². The molecule has 1 aromatic carbocycles. The Kier molecular flexibility index (Phi) is 5.94. The molecule has 1 aliphatic rings. The summed E-state index contributed by atoms with van der Waals surface area (Å²) < 4.78 is 2.08. The van der Waals surface area contributed by atoms with Crippen molar-refractivity contribution in [2.45, 2.75) is 27.3 Å². The second kappa shape index (κ2) is 8.61. The molecule has 1 saturated heterocycles. The Morgan fingerprint density at radius 3 is 2.52 bits per heavy atom. The van der Waals surface area contributed by atoms with E-state index < -0.39 is 0 Å². The van der Waals surface area contributed by atoms with E-state index in [0.29, 0.717) is 6.54 Å². The van der Waals surface area contributed by atoms with E-state index in [4.69, 9.17) is 0 Å². The number of aryl methyl sites for hydroxylation is 2. The van der Waals surface area contributed by atoms with Crippen LogP contribution in [0.4, 0.5) is 0 Å². The lowest BCUT2D eigenvalue weighted by molar-refractivity contribution is 0.0843. The number of benzene rings is 1. The summed E-state index contributed by atoms with van der Waals surface area (Å²) in [5, 5.41) is 2.88. The number of carbonyl (C=O) groups is 1. The van der Waals surface area contributed by atoms with Gasteiger partial charge in [0.2, 0.25) is 0 Å². The highest BCUT2D eigenvalue weighted by atomic mass is 32.1. The van der Waals surface area contributed by atoms with Crippen LogP contribution in [0.3, 0.4) is 0 Å². The molecule has 0 amide bonds. The second-order valence-electron chi connectivity index (χ2n) is 7.90. The monoisotopic (exact) mass is 408 g/mol. The SMILES string of the molecule is Cc1cccc(CN2CCN(CC(=O)c3cc(C)n(-c4nccs4)c3C)CC2)c1. The fourth-order valence-corrected chi connectivity index (χ4v) is 4.88. The molecule has 0 saturated carbocycles. The van der Waals surface area contributed by atoms with Gasteiger partial charge in [-0.1, -0.05) is 29.8 Å². The summed E-state index contributed by atoms with van der Waals surface area (Å²) in [5.74, 6) is 0.202. The highest BCUT2D eigenvalue weighted by molar-refractivity contribution is 7.12. The van der Waals surface area contributed by atoms with Gasteiger partial charge < -0.3 is 0 Å². The van der Waals surface area contributed by atoms with E-state index in [0.717, 1.165) is 54.8 Å². The Morgan fingerprint density at radius 1 is 1.07 bits per heavy atom. The molecule has 3 heterocycles. The summed E-state index contributed by atoms with van der Waals surface area (Å²) in [6.45, 7) is 11.5. The molecule has 0 radical (unpaired) electrons. The van der Waals surface area contributed by atoms with Crippen LogP contribution in [0.2, 0.25) is 0 Å². The van der Waals surface area contributed by atoms with Gasteiger partial charge >= 0.3 is 0 Å². The average Bonchev–Trinajstić information content (AvgIpc) is 3.31. The zero-order valence-corrected chi connectivity index (χ0v) is 18.2. The van der Waals surface area contributed by atoms with Gasteiger partial charge in [-0.05, 0) is 32.4 Å². The van der Waals surface area contributed by atoms with Gasteiger partial charge in [-0.3, -0.25) is 19.2 Å². The molecule has 1 fully saturated rings. The maximum atomic E-state index is 13.0. The standard InChI is InChI=1S/C23H28N4OS/c1-17-5-4-6-20(13-17)15-25-8-10-26(11-9-25)16-22(28)21-14-18(2)27(19(21)3)23-24-7-12-29-23/h4-7,12-14H,8-11,15-16H2,1-3H3. The minimum Gasteiger partial charge on any atom is -0.297 e. The van der Waals surface area contributed by atoms with Crippen LogP contribution in [-0.4, -0.2) is 57.9 Å². The fourth-order valence-electron chi connectivity index (χ4n) is 4.13. The van der Waals surface area contributed by atoms with Crippen LogP contribution in [-0.2, 0) is 6.54 Å². The molecule has 4 rings (SSSR count). The first-order valence-electron chi connectivity index (χ1n) is 10.1. The number of rotatable bonds is 6. The Hall–Kier alpha value is -2.28. The van der Waals surface area contributed by atoms with Gasteiger partial charge in [0, 0.05) is 61.3 Å². The van der Waals surface area contributed by atoms with E-state index in [2.05, 4.69) is 50.5 Å². The number of ketones is 1. The normalized spacial score (nSPS) is 15.7. The minimum atomic E-state index is 0.202. The maximum absolute atomic E-state index is 13.0. The molecule has 2 aromatic heterocycles. The number of thiazole rings is 1. The quantitative estimate of drug-likeness (QED) is 0.581. The number of aromatic nitrogens is 2. The van der Waals surface area contributed by atoms with Crippen molar-refractivity contribution in [1.29, 1.82) is 0 Å². The van der Waals surface area contributed by atoms with Crippen LogP contribution in [0, 0.1) is 20.8 Å². The van der Waals surface area contributed by atoms with Gasteiger partial charge in [-0.25, -0.2) is 4.98 Å².